The fraction of sp³-hybridized carbons (Fsp3) is 0.450. The third kappa shape index (κ3) is 4.38. The van der Waals surface area contributed by atoms with E-state index in [0.717, 1.165) is 32.2 Å². The summed E-state index contributed by atoms with van der Waals surface area (Å²) in [5.74, 6) is -1.15. The summed E-state index contributed by atoms with van der Waals surface area (Å²) < 4.78 is 35.0. The van der Waals surface area contributed by atoms with Gasteiger partial charge in [0.1, 0.15) is 11.6 Å². The van der Waals surface area contributed by atoms with Crippen LogP contribution in [0.5, 0.6) is 0 Å². The maximum absolute atomic E-state index is 14.3. The molecule has 1 aliphatic rings. The van der Waals surface area contributed by atoms with Crippen molar-refractivity contribution in [3.8, 4) is 11.4 Å². The molecule has 1 saturated carbocycles. The minimum atomic E-state index is -0.737. The van der Waals surface area contributed by atoms with Crippen molar-refractivity contribution >= 4 is 23.1 Å². The van der Waals surface area contributed by atoms with Crippen LogP contribution in [0, 0.1) is 11.6 Å². The first-order valence-electron chi connectivity index (χ1n) is 9.91. The molecule has 0 atom stereocenters. The van der Waals surface area contributed by atoms with E-state index >= 15 is 0 Å². The van der Waals surface area contributed by atoms with Gasteiger partial charge in [0.25, 0.3) is 0 Å². The molecule has 7 nitrogen and oxygen atoms in total. The molecule has 0 aliphatic heterocycles. The number of imidazole rings is 1. The molecule has 3 aromatic rings. The third-order valence-electron chi connectivity index (χ3n) is 5.31. The van der Waals surface area contributed by atoms with E-state index in [2.05, 4.69) is 25.7 Å². The highest BCUT2D eigenvalue weighted by Gasteiger charge is 2.24. The van der Waals surface area contributed by atoms with Crippen LogP contribution in [0.4, 0.5) is 14.6 Å². The average Bonchev–Trinajstić information content (AvgIpc) is 3.11. The SMILES string of the molecule is COCCNC1CCC(Nc2nc(-c3c(F)cccc3F)nn3c(Cl)cnc23)CC1. The van der Waals surface area contributed by atoms with E-state index in [9.17, 15) is 8.78 Å². The van der Waals surface area contributed by atoms with Crippen molar-refractivity contribution in [2.45, 2.75) is 37.8 Å². The lowest BCUT2D eigenvalue weighted by Crippen LogP contribution is -2.38. The second-order valence-electron chi connectivity index (χ2n) is 7.34. The molecule has 1 fully saturated rings. The number of anilines is 1. The summed E-state index contributed by atoms with van der Waals surface area (Å²) in [5.41, 5.74) is 0.124. The van der Waals surface area contributed by atoms with Crippen LogP contribution < -0.4 is 10.6 Å². The largest absolute Gasteiger partial charge is 0.383 e. The number of benzene rings is 1. The Bertz CT molecular complexity index is 1000. The number of fused-ring (bicyclic) bond motifs is 1. The van der Waals surface area contributed by atoms with Crippen LogP contribution in [0.25, 0.3) is 17.0 Å². The molecule has 0 unspecified atom stereocenters. The Morgan fingerprint density at radius 1 is 1.17 bits per heavy atom. The van der Waals surface area contributed by atoms with E-state index in [-0.39, 0.29) is 22.6 Å². The van der Waals surface area contributed by atoms with Crippen LogP contribution in [0.1, 0.15) is 25.7 Å². The average molecular weight is 437 g/mol. The molecule has 1 aromatic carbocycles. The Hall–Kier alpha value is -2.36. The van der Waals surface area contributed by atoms with Crippen LogP contribution in [-0.2, 0) is 4.74 Å². The molecule has 4 rings (SSSR count). The molecule has 0 spiro atoms. The summed E-state index contributed by atoms with van der Waals surface area (Å²) in [7, 11) is 1.69. The maximum atomic E-state index is 14.3. The summed E-state index contributed by atoms with van der Waals surface area (Å²) in [6, 6.07) is 4.26. The summed E-state index contributed by atoms with van der Waals surface area (Å²) in [5, 5.41) is 11.3. The Balaban J connectivity index is 1.57. The van der Waals surface area contributed by atoms with Crippen molar-refractivity contribution in [3.63, 3.8) is 0 Å². The van der Waals surface area contributed by atoms with Gasteiger partial charge in [0, 0.05) is 25.7 Å². The first-order chi connectivity index (χ1) is 14.6. The molecule has 1 aliphatic carbocycles. The van der Waals surface area contributed by atoms with Gasteiger partial charge in [-0.05, 0) is 37.8 Å². The van der Waals surface area contributed by atoms with Gasteiger partial charge in [-0.1, -0.05) is 17.7 Å². The van der Waals surface area contributed by atoms with Crippen molar-refractivity contribution in [2.24, 2.45) is 0 Å². The fourth-order valence-electron chi connectivity index (χ4n) is 3.77. The molecule has 2 N–H and O–H groups in total. The summed E-state index contributed by atoms with van der Waals surface area (Å²) >= 11 is 6.18. The standard InChI is InChI=1S/C20H23ClF2N6O/c1-30-10-9-24-12-5-7-13(8-6-12)26-19-20-25-11-16(21)29(20)28-18(27-19)17-14(22)3-2-4-15(17)23/h2-4,11-13,24H,5-10H2,1H3,(H,26,27,28). The number of methoxy groups -OCH3 is 1. The van der Waals surface area contributed by atoms with Crippen LogP contribution >= 0.6 is 11.6 Å². The first kappa shape index (κ1) is 20.9. The third-order valence-corrected chi connectivity index (χ3v) is 5.57. The van der Waals surface area contributed by atoms with Crippen LogP contribution in [0.2, 0.25) is 5.15 Å². The van der Waals surface area contributed by atoms with E-state index in [1.54, 1.807) is 7.11 Å². The molecular formula is C20H23ClF2N6O. The molecule has 2 heterocycles. The van der Waals surface area contributed by atoms with Crippen molar-refractivity contribution in [1.29, 1.82) is 0 Å². The minimum absolute atomic E-state index is 0.0876. The molecule has 2 aromatic heterocycles. The molecule has 30 heavy (non-hydrogen) atoms. The van der Waals surface area contributed by atoms with Crippen LogP contribution in [0.15, 0.2) is 24.4 Å². The van der Waals surface area contributed by atoms with Gasteiger partial charge in [-0.3, -0.25) is 0 Å². The van der Waals surface area contributed by atoms with Gasteiger partial charge in [0.2, 0.25) is 0 Å². The molecular weight excluding hydrogens is 414 g/mol. The lowest BCUT2D eigenvalue weighted by molar-refractivity contribution is 0.191. The fourth-order valence-corrected chi connectivity index (χ4v) is 3.94. The van der Waals surface area contributed by atoms with E-state index in [0.29, 0.717) is 24.1 Å². The predicted octanol–water partition coefficient (Wildman–Crippen LogP) is 3.68. The maximum Gasteiger partial charge on any atom is 0.198 e. The zero-order valence-corrected chi connectivity index (χ0v) is 17.3. The van der Waals surface area contributed by atoms with E-state index in [1.165, 1.54) is 28.9 Å². The molecule has 160 valence electrons. The van der Waals surface area contributed by atoms with Gasteiger partial charge in [-0.15, -0.1) is 5.10 Å². The molecule has 0 radical (unpaired) electrons. The minimum Gasteiger partial charge on any atom is -0.383 e. The predicted molar refractivity (Wildman–Crippen MR) is 111 cm³/mol. The number of aromatic nitrogens is 4. The number of halogens is 3. The van der Waals surface area contributed by atoms with Gasteiger partial charge >= 0.3 is 0 Å². The van der Waals surface area contributed by atoms with E-state index in [4.69, 9.17) is 16.3 Å². The number of nitrogens with one attached hydrogen (secondary N) is 2. The summed E-state index contributed by atoms with van der Waals surface area (Å²) in [4.78, 5) is 8.66. The topological polar surface area (TPSA) is 76.4 Å². The molecule has 0 amide bonds. The normalized spacial score (nSPS) is 19.3. The van der Waals surface area contributed by atoms with Gasteiger partial charge in [-0.25, -0.2) is 18.7 Å². The zero-order valence-electron chi connectivity index (χ0n) is 16.5. The highest BCUT2D eigenvalue weighted by atomic mass is 35.5. The van der Waals surface area contributed by atoms with Crippen molar-refractivity contribution in [3.05, 3.63) is 41.2 Å². The first-order valence-corrected chi connectivity index (χ1v) is 10.3. The Morgan fingerprint density at radius 3 is 2.57 bits per heavy atom. The molecule has 0 bridgehead atoms. The Labute approximate surface area is 177 Å². The van der Waals surface area contributed by atoms with Crippen LogP contribution in [-0.4, -0.2) is 51.9 Å². The number of rotatable bonds is 7. The van der Waals surface area contributed by atoms with Crippen LogP contribution in [0.3, 0.4) is 0 Å². The van der Waals surface area contributed by atoms with Crippen molar-refractivity contribution < 1.29 is 13.5 Å². The lowest BCUT2D eigenvalue weighted by atomic mass is 9.91. The molecule has 10 heteroatoms. The Morgan fingerprint density at radius 2 is 1.87 bits per heavy atom. The number of nitrogens with zero attached hydrogens (tertiary/aromatic N) is 4. The summed E-state index contributed by atoms with van der Waals surface area (Å²) in [6.07, 6.45) is 5.31. The second-order valence-corrected chi connectivity index (χ2v) is 7.72. The van der Waals surface area contributed by atoms with E-state index < -0.39 is 11.6 Å². The monoisotopic (exact) mass is 436 g/mol. The number of ether oxygens (including phenoxy) is 1. The van der Waals surface area contributed by atoms with Gasteiger partial charge in [0.15, 0.2) is 22.4 Å². The number of hydrogen-bond acceptors (Lipinski definition) is 6. The molecule has 0 saturated heterocycles. The number of hydrogen-bond donors (Lipinski definition) is 2. The van der Waals surface area contributed by atoms with Gasteiger partial charge in [0.05, 0.1) is 18.4 Å². The van der Waals surface area contributed by atoms with Crippen molar-refractivity contribution in [1.82, 2.24) is 24.9 Å². The van der Waals surface area contributed by atoms with Gasteiger partial charge in [-0.2, -0.15) is 4.52 Å². The quantitative estimate of drug-likeness (QED) is 0.550. The summed E-state index contributed by atoms with van der Waals surface area (Å²) in [6.45, 7) is 1.52. The van der Waals surface area contributed by atoms with E-state index in [1.807, 2.05) is 0 Å². The van der Waals surface area contributed by atoms with Gasteiger partial charge < -0.3 is 15.4 Å². The highest BCUT2D eigenvalue weighted by molar-refractivity contribution is 6.29. The Kier molecular flexibility index (Phi) is 6.40. The van der Waals surface area contributed by atoms with Crippen molar-refractivity contribution in [2.75, 3.05) is 25.6 Å². The highest BCUT2D eigenvalue weighted by Crippen LogP contribution is 2.28. The zero-order chi connectivity index (χ0) is 21.1. The second kappa shape index (κ2) is 9.20. The smallest absolute Gasteiger partial charge is 0.198 e. The lowest BCUT2D eigenvalue weighted by Gasteiger charge is -2.30.